The summed E-state index contributed by atoms with van der Waals surface area (Å²) >= 11 is 0. The van der Waals surface area contributed by atoms with Crippen LogP contribution in [-0.4, -0.2) is 21.9 Å². The van der Waals surface area contributed by atoms with E-state index in [0.717, 1.165) is 35.7 Å². The van der Waals surface area contributed by atoms with Gasteiger partial charge in [0.15, 0.2) is 0 Å². The lowest BCUT2D eigenvalue weighted by Gasteiger charge is -2.11. The van der Waals surface area contributed by atoms with E-state index >= 15 is 0 Å². The average Bonchev–Trinajstić information content (AvgIpc) is 3.30. The number of rotatable bonds is 6. The van der Waals surface area contributed by atoms with Crippen molar-refractivity contribution < 1.29 is 4.74 Å². The molecule has 2 heterocycles. The van der Waals surface area contributed by atoms with Gasteiger partial charge in [0.2, 0.25) is 0 Å². The van der Waals surface area contributed by atoms with E-state index in [-0.39, 0.29) is 0 Å². The topological polar surface area (TPSA) is 42.8 Å². The zero-order valence-corrected chi connectivity index (χ0v) is 16.1. The van der Waals surface area contributed by atoms with E-state index in [0.29, 0.717) is 5.92 Å². The summed E-state index contributed by atoms with van der Waals surface area (Å²) in [6.07, 6.45) is 3.03. The van der Waals surface area contributed by atoms with Crippen molar-refractivity contribution in [2.45, 2.75) is 32.7 Å². The molecule has 2 aromatic carbocycles. The second-order valence-corrected chi connectivity index (χ2v) is 7.14. The first-order chi connectivity index (χ1) is 13.2. The van der Waals surface area contributed by atoms with Crippen molar-refractivity contribution in [3.8, 4) is 17.0 Å². The van der Waals surface area contributed by atoms with E-state index in [1.165, 1.54) is 16.5 Å². The molecular formula is C23H25N3O. The highest BCUT2D eigenvalue weighted by molar-refractivity contribution is 5.83. The lowest BCUT2D eigenvalue weighted by molar-refractivity contribution is 0.416. The molecule has 2 aromatic heterocycles. The smallest absolute Gasteiger partial charge is 0.128 e. The predicted octanol–water partition coefficient (Wildman–Crippen LogP) is 5.41. The molecule has 4 aromatic rings. The number of nitrogens with zero attached hydrogens (tertiary/aromatic N) is 2. The maximum atomic E-state index is 5.59. The van der Waals surface area contributed by atoms with Gasteiger partial charge in [0.05, 0.1) is 18.5 Å². The van der Waals surface area contributed by atoms with Crippen molar-refractivity contribution in [3.05, 3.63) is 72.1 Å². The Morgan fingerprint density at radius 1 is 1.07 bits per heavy atom. The lowest BCUT2D eigenvalue weighted by Crippen LogP contribution is -2.06. The molecule has 0 spiro atoms. The number of methoxy groups -OCH3 is 1. The largest absolute Gasteiger partial charge is 0.496 e. The molecule has 138 valence electrons. The third kappa shape index (κ3) is 3.35. The number of benzene rings is 2. The molecule has 4 nitrogen and oxygen atoms in total. The van der Waals surface area contributed by atoms with Crippen molar-refractivity contribution in [3.63, 3.8) is 0 Å². The van der Waals surface area contributed by atoms with E-state index in [2.05, 4.69) is 66.1 Å². The molecule has 0 radical (unpaired) electrons. The van der Waals surface area contributed by atoms with Gasteiger partial charge in [-0.05, 0) is 42.2 Å². The summed E-state index contributed by atoms with van der Waals surface area (Å²) in [7, 11) is 1.72. The van der Waals surface area contributed by atoms with Crippen LogP contribution in [0.1, 0.15) is 31.0 Å². The number of aromatic amines is 1. The first-order valence-corrected chi connectivity index (χ1v) is 9.43. The molecule has 0 atom stereocenters. The fourth-order valence-corrected chi connectivity index (χ4v) is 3.53. The van der Waals surface area contributed by atoms with Gasteiger partial charge in [-0.15, -0.1) is 0 Å². The van der Waals surface area contributed by atoms with Crippen LogP contribution in [0.4, 0.5) is 0 Å². The van der Waals surface area contributed by atoms with Gasteiger partial charge in [-0.1, -0.05) is 44.2 Å². The zero-order valence-electron chi connectivity index (χ0n) is 16.1. The molecule has 4 heteroatoms. The third-order valence-corrected chi connectivity index (χ3v) is 5.04. The summed E-state index contributed by atoms with van der Waals surface area (Å²) in [5, 5.41) is 6.18. The summed E-state index contributed by atoms with van der Waals surface area (Å²) < 4.78 is 7.71. The number of hydrogen-bond acceptors (Lipinski definition) is 2. The fraction of sp³-hybridized carbons (Fsp3) is 0.261. The molecule has 0 fully saturated rings. The van der Waals surface area contributed by atoms with Gasteiger partial charge >= 0.3 is 0 Å². The summed E-state index contributed by atoms with van der Waals surface area (Å²) in [5.74, 6) is 1.26. The number of para-hydroxylation sites is 2. The van der Waals surface area contributed by atoms with Crippen molar-refractivity contribution in [1.82, 2.24) is 14.8 Å². The number of fused-ring (bicyclic) bond motifs is 1. The van der Waals surface area contributed by atoms with Crippen LogP contribution in [0.5, 0.6) is 5.75 Å². The van der Waals surface area contributed by atoms with Crippen molar-refractivity contribution in [2.75, 3.05) is 7.11 Å². The number of aromatic nitrogens is 3. The molecule has 0 aliphatic rings. The number of H-pyrrole nitrogens is 1. The van der Waals surface area contributed by atoms with Gasteiger partial charge in [-0.25, -0.2) is 0 Å². The fourth-order valence-electron chi connectivity index (χ4n) is 3.53. The highest BCUT2D eigenvalue weighted by Crippen LogP contribution is 2.32. The Morgan fingerprint density at radius 3 is 2.67 bits per heavy atom. The van der Waals surface area contributed by atoms with Gasteiger partial charge < -0.3 is 9.72 Å². The molecule has 0 saturated heterocycles. The van der Waals surface area contributed by atoms with Gasteiger partial charge in [0.25, 0.3) is 0 Å². The first-order valence-electron chi connectivity index (χ1n) is 9.43. The van der Waals surface area contributed by atoms with E-state index in [1.54, 1.807) is 7.11 Å². The molecular weight excluding hydrogens is 334 g/mol. The Morgan fingerprint density at radius 2 is 1.85 bits per heavy atom. The highest BCUT2D eigenvalue weighted by atomic mass is 16.5. The molecule has 0 unspecified atom stereocenters. The second-order valence-electron chi connectivity index (χ2n) is 7.14. The molecule has 4 rings (SSSR count). The van der Waals surface area contributed by atoms with Crippen LogP contribution in [-0.2, 0) is 13.0 Å². The van der Waals surface area contributed by atoms with Crippen molar-refractivity contribution >= 4 is 10.9 Å². The maximum absolute atomic E-state index is 5.59. The minimum absolute atomic E-state index is 0.382. The number of nitrogens with one attached hydrogen (secondary N) is 1. The lowest BCUT2D eigenvalue weighted by atomic mass is 10.1. The number of hydrogen-bond donors (Lipinski definition) is 1. The molecule has 1 N–H and O–H groups in total. The van der Waals surface area contributed by atoms with Crippen LogP contribution in [0.2, 0.25) is 0 Å². The van der Waals surface area contributed by atoms with E-state index in [9.17, 15) is 0 Å². The summed E-state index contributed by atoms with van der Waals surface area (Å²) in [6.45, 7) is 5.18. The molecule has 0 amide bonds. The predicted molar refractivity (Wildman–Crippen MR) is 110 cm³/mol. The Balaban J connectivity index is 1.69. The average molecular weight is 359 g/mol. The molecule has 27 heavy (non-hydrogen) atoms. The summed E-state index contributed by atoms with van der Waals surface area (Å²) in [4.78, 5) is 3.36. The Hall–Kier alpha value is -3.01. The number of ether oxygens (including phenoxy) is 1. The molecule has 0 saturated carbocycles. The maximum Gasteiger partial charge on any atom is 0.128 e. The third-order valence-electron chi connectivity index (χ3n) is 5.04. The van der Waals surface area contributed by atoms with Gasteiger partial charge in [-0.3, -0.25) is 4.68 Å². The van der Waals surface area contributed by atoms with E-state index in [1.807, 2.05) is 18.2 Å². The van der Waals surface area contributed by atoms with Crippen LogP contribution in [0.15, 0.2) is 60.8 Å². The Bertz CT molecular complexity index is 1060. The van der Waals surface area contributed by atoms with Gasteiger partial charge in [0.1, 0.15) is 5.75 Å². The van der Waals surface area contributed by atoms with Gasteiger partial charge in [-0.2, -0.15) is 5.10 Å². The highest BCUT2D eigenvalue weighted by Gasteiger charge is 2.16. The normalized spacial score (nSPS) is 11.4. The van der Waals surface area contributed by atoms with E-state index < -0.39 is 0 Å². The van der Waals surface area contributed by atoms with Crippen LogP contribution in [0, 0.1) is 0 Å². The van der Waals surface area contributed by atoms with Crippen molar-refractivity contribution in [2.24, 2.45) is 0 Å². The second kappa shape index (κ2) is 7.31. The van der Waals surface area contributed by atoms with Crippen LogP contribution < -0.4 is 4.74 Å². The van der Waals surface area contributed by atoms with Crippen LogP contribution in [0.25, 0.3) is 22.2 Å². The Labute approximate surface area is 159 Å². The first kappa shape index (κ1) is 17.4. The molecule has 0 aliphatic heterocycles. The Kier molecular flexibility index (Phi) is 4.71. The molecule has 0 aliphatic carbocycles. The standard InChI is InChI=1S/C23H25N3O/c1-16(2)21-14-22(19-9-5-7-11-23(19)27-3)26(25-21)13-12-17-15-24-20-10-6-4-8-18(17)20/h4-11,14-16,24H,12-13H2,1-3H3. The van der Waals surface area contributed by atoms with Gasteiger partial charge in [0, 0.05) is 29.2 Å². The monoisotopic (exact) mass is 359 g/mol. The number of aryl methyl sites for hydroxylation is 2. The quantitative estimate of drug-likeness (QED) is 0.500. The van der Waals surface area contributed by atoms with E-state index in [4.69, 9.17) is 9.84 Å². The minimum atomic E-state index is 0.382. The molecule has 0 bridgehead atoms. The van der Waals surface area contributed by atoms with Crippen LogP contribution in [0.3, 0.4) is 0 Å². The SMILES string of the molecule is COc1ccccc1-c1cc(C(C)C)nn1CCc1c[nH]c2ccccc12. The minimum Gasteiger partial charge on any atom is -0.496 e. The summed E-state index contributed by atoms with van der Waals surface area (Å²) in [6, 6.07) is 18.8. The zero-order chi connectivity index (χ0) is 18.8. The van der Waals surface area contributed by atoms with Crippen LogP contribution >= 0.6 is 0 Å². The summed E-state index contributed by atoms with van der Waals surface area (Å²) in [5.41, 5.74) is 5.79. The van der Waals surface area contributed by atoms with Crippen molar-refractivity contribution in [1.29, 1.82) is 0 Å².